The summed E-state index contributed by atoms with van der Waals surface area (Å²) in [5.74, 6) is -1.34. The second-order valence-corrected chi connectivity index (χ2v) is 9.37. The summed E-state index contributed by atoms with van der Waals surface area (Å²) in [6.07, 6.45) is 2.56. The Morgan fingerprint density at radius 3 is 2.76 bits per heavy atom. The number of halogens is 1. The summed E-state index contributed by atoms with van der Waals surface area (Å²) >= 11 is 6.40. The number of anilines is 2. The third-order valence-electron chi connectivity index (χ3n) is 7.12. The number of fused-ring (bicyclic) bond motifs is 4. The van der Waals surface area contributed by atoms with Crippen LogP contribution in [-0.4, -0.2) is 41.9 Å². The van der Waals surface area contributed by atoms with Crippen LogP contribution in [0.3, 0.4) is 0 Å². The number of ether oxygens (including phenoxy) is 1. The van der Waals surface area contributed by atoms with Crippen LogP contribution in [-0.2, 0) is 19.9 Å². The van der Waals surface area contributed by atoms with E-state index in [1.54, 1.807) is 31.2 Å². The van der Waals surface area contributed by atoms with Gasteiger partial charge in [0, 0.05) is 28.0 Å². The normalized spacial score (nSPS) is 25.6. The maximum Gasteiger partial charge on any atom is 0.338 e. The van der Waals surface area contributed by atoms with Crippen molar-refractivity contribution in [3.05, 3.63) is 58.1 Å². The van der Waals surface area contributed by atoms with Gasteiger partial charge in [0.25, 0.3) is 0 Å². The van der Waals surface area contributed by atoms with Gasteiger partial charge >= 0.3 is 5.97 Å². The number of nitrogens with one attached hydrogen (secondary N) is 2. The van der Waals surface area contributed by atoms with Crippen LogP contribution < -0.4 is 10.6 Å². The van der Waals surface area contributed by atoms with Crippen molar-refractivity contribution in [2.45, 2.75) is 44.7 Å². The lowest BCUT2D eigenvalue weighted by atomic mass is 9.78. The molecule has 2 aromatic carbocycles. The summed E-state index contributed by atoms with van der Waals surface area (Å²) in [6, 6.07) is 10.4. The lowest BCUT2D eigenvalue weighted by molar-refractivity contribution is -0.135. The van der Waals surface area contributed by atoms with E-state index in [0.29, 0.717) is 29.3 Å². The van der Waals surface area contributed by atoms with E-state index in [1.807, 2.05) is 19.1 Å². The van der Waals surface area contributed by atoms with Gasteiger partial charge in [0.2, 0.25) is 11.8 Å². The van der Waals surface area contributed by atoms with Crippen molar-refractivity contribution in [2.75, 3.05) is 23.8 Å². The maximum absolute atomic E-state index is 13.6. The van der Waals surface area contributed by atoms with E-state index in [1.165, 1.54) is 0 Å². The van der Waals surface area contributed by atoms with E-state index < -0.39 is 17.4 Å². The van der Waals surface area contributed by atoms with E-state index in [-0.39, 0.29) is 17.9 Å². The van der Waals surface area contributed by atoms with E-state index >= 15 is 0 Å². The number of benzene rings is 2. The van der Waals surface area contributed by atoms with Crippen LogP contribution >= 0.6 is 11.6 Å². The molecule has 33 heavy (non-hydrogen) atoms. The largest absolute Gasteiger partial charge is 0.462 e. The number of aryl methyl sites for hydroxylation is 1. The predicted molar refractivity (Wildman–Crippen MR) is 125 cm³/mol. The van der Waals surface area contributed by atoms with Crippen molar-refractivity contribution in [1.82, 2.24) is 4.90 Å². The molecule has 7 nitrogen and oxygen atoms in total. The lowest BCUT2D eigenvalue weighted by Gasteiger charge is -2.36. The monoisotopic (exact) mass is 467 g/mol. The number of rotatable bonds is 4. The molecule has 0 aromatic heterocycles. The summed E-state index contributed by atoms with van der Waals surface area (Å²) in [5.41, 5.74) is 2.35. The molecule has 5 rings (SSSR count). The van der Waals surface area contributed by atoms with Crippen LogP contribution in [0.4, 0.5) is 11.4 Å². The Morgan fingerprint density at radius 2 is 2.03 bits per heavy atom. The van der Waals surface area contributed by atoms with Gasteiger partial charge in [-0.15, -0.1) is 0 Å². The summed E-state index contributed by atoms with van der Waals surface area (Å²) in [6.45, 7) is 4.73. The summed E-state index contributed by atoms with van der Waals surface area (Å²) in [4.78, 5) is 41.3. The Morgan fingerprint density at radius 1 is 1.27 bits per heavy atom. The smallest absolute Gasteiger partial charge is 0.338 e. The van der Waals surface area contributed by atoms with Crippen LogP contribution in [0.15, 0.2) is 36.4 Å². The number of carbonyl (C=O) groups is 3. The predicted octanol–water partition coefficient (Wildman–Crippen LogP) is 4.10. The molecule has 0 bridgehead atoms. The molecule has 172 valence electrons. The highest BCUT2D eigenvalue weighted by molar-refractivity contribution is 6.31. The van der Waals surface area contributed by atoms with Crippen LogP contribution in [0, 0.1) is 12.8 Å². The zero-order chi connectivity index (χ0) is 23.3. The van der Waals surface area contributed by atoms with Gasteiger partial charge in [-0.05, 0) is 81.6 Å². The second kappa shape index (κ2) is 8.15. The number of carbonyl (C=O) groups excluding carboxylic acids is 3. The Bertz CT molecular complexity index is 1150. The van der Waals surface area contributed by atoms with Crippen molar-refractivity contribution in [3.63, 3.8) is 0 Å². The van der Waals surface area contributed by atoms with Gasteiger partial charge in [-0.25, -0.2) is 4.79 Å². The third-order valence-corrected chi connectivity index (χ3v) is 7.34. The zero-order valence-corrected chi connectivity index (χ0v) is 19.4. The molecule has 0 saturated carbocycles. The highest BCUT2D eigenvalue weighted by Crippen LogP contribution is 2.56. The quantitative estimate of drug-likeness (QED) is 0.661. The van der Waals surface area contributed by atoms with Crippen LogP contribution in [0.2, 0.25) is 5.02 Å². The Balaban J connectivity index is 1.49. The fraction of sp³-hybridized carbons (Fsp3) is 0.400. The molecule has 2 saturated heterocycles. The summed E-state index contributed by atoms with van der Waals surface area (Å²) < 4.78 is 5.01. The van der Waals surface area contributed by atoms with Gasteiger partial charge in [-0.2, -0.15) is 0 Å². The number of hydrogen-bond donors (Lipinski definition) is 2. The van der Waals surface area contributed by atoms with E-state index in [4.69, 9.17) is 16.3 Å². The van der Waals surface area contributed by atoms with Crippen molar-refractivity contribution < 1.29 is 19.1 Å². The van der Waals surface area contributed by atoms with E-state index in [2.05, 4.69) is 15.5 Å². The first kappa shape index (κ1) is 21.9. The van der Waals surface area contributed by atoms with E-state index in [0.717, 1.165) is 36.2 Å². The molecule has 0 aliphatic carbocycles. The maximum atomic E-state index is 13.6. The van der Waals surface area contributed by atoms with Crippen molar-refractivity contribution in [3.8, 4) is 0 Å². The molecule has 2 aromatic rings. The zero-order valence-electron chi connectivity index (χ0n) is 18.6. The van der Waals surface area contributed by atoms with Gasteiger partial charge in [-0.3, -0.25) is 14.5 Å². The fourth-order valence-electron chi connectivity index (χ4n) is 5.79. The molecule has 2 fully saturated rings. The highest BCUT2D eigenvalue weighted by Gasteiger charge is 2.65. The molecule has 8 heteroatoms. The Kier molecular flexibility index (Phi) is 5.41. The molecule has 2 N–H and O–H groups in total. The first-order valence-corrected chi connectivity index (χ1v) is 11.7. The summed E-state index contributed by atoms with van der Waals surface area (Å²) in [7, 11) is 0. The fourth-order valence-corrected chi connectivity index (χ4v) is 6.06. The lowest BCUT2D eigenvalue weighted by Crippen LogP contribution is -2.53. The standard InChI is InChI=1S/C25H26ClN3O4/c1-3-33-23(31)15-6-8-17(9-7-15)27-22(30)20-13-18-5-4-10-29(18)25(20)19-12-16(26)11-14(2)21(19)28-24(25)32/h6-9,11-12,18,20H,3-5,10,13H2,1-2H3,(H,27,30)(H,28,32)/t18-,20-,25-/m0/s1. The number of esters is 1. The Hall–Kier alpha value is -2.90. The molecule has 3 heterocycles. The average molecular weight is 468 g/mol. The first-order valence-electron chi connectivity index (χ1n) is 11.3. The topological polar surface area (TPSA) is 87.7 Å². The SMILES string of the molecule is CCOC(=O)c1ccc(NC(=O)[C@@H]2C[C@@H]3CCCN3[C@]23C(=O)Nc2c(C)cc(Cl)cc23)cc1. The van der Waals surface area contributed by atoms with Crippen molar-refractivity contribution >= 4 is 40.8 Å². The minimum absolute atomic E-state index is 0.162. The second-order valence-electron chi connectivity index (χ2n) is 8.93. The van der Waals surface area contributed by atoms with Crippen molar-refractivity contribution in [1.29, 1.82) is 0 Å². The third kappa shape index (κ3) is 3.33. The van der Waals surface area contributed by atoms with E-state index in [9.17, 15) is 14.4 Å². The molecule has 0 unspecified atom stereocenters. The van der Waals surface area contributed by atoms with Gasteiger partial charge in [-0.1, -0.05) is 11.6 Å². The van der Waals surface area contributed by atoms with Gasteiger partial charge in [0.1, 0.15) is 5.54 Å². The van der Waals surface area contributed by atoms with Crippen LogP contribution in [0.5, 0.6) is 0 Å². The number of amides is 2. The molecule has 2 amide bonds. The molecular formula is C25H26ClN3O4. The molecular weight excluding hydrogens is 442 g/mol. The molecule has 3 atom stereocenters. The average Bonchev–Trinajstić information content (AvgIpc) is 3.44. The molecule has 0 radical (unpaired) electrons. The minimum Gasteiger partial charge on any atom is -0.462 e. The van der Waals surface area contributed by atoms with Crippen LogP contribution in [0.25, 0.3) is 0 Å². The van der Waals surface area contributed by atoms with Crippen molar-refractivity contribution in [2.24, 2.45) is 5.92 Å². The number of nitrogens with zero attached hydrogens (tertiary/aromatic N) is 1. The highest BCUT2D eigenvalue weighted by atomic mass is 35.5. The van der Waals surface area contributed by atoms with Gasteiger partial charge in [0.15, 0.2) is 0 Å². The van der Waals surface area contributed by atoms with Gasteiger partial charge < -0.3 is 15.4 Å². The Labute approximate surface area is 197 Å². The van der Waals surface area contributed by atoms with Gasteiger partial charge in [0.05, 0.1) is 18.1 Å². The number of hydrogen-bond acceptors (Lipinski definition) is 5. The molecule has 3 aliphatic rings. The summed E-state index contributed by atoms with van der Waals surface area (Å²) in [5, 5.41) is 6.57. The first-order chi connectivity index (χ1) is 15.9. The molecule has 3 aliphatic heterocycles. The minimum atomic E-state index is -1.07. The molecule has 1 spiro atoms. The van der Waals surface area contributed by atoms with Crippen LogP contribution in [0.1, 0.15) is 47.7 Å².